The van der Waals surface area contributed by atoms with E-state index in [2.05, 4.69) is 5.32 Å². The molecule has 1 heterocycles. The van der Waals surface area contributed by atoms with Crippen LogP contribution >= 0.6 is 11.3 Å². The first-order valence-corrected chi connectivity index (χ1v) is 8.67. The fourth-order valence-corrected chi connectivity index (χ4v) is 4.05. The van der Waals surface area contributed by atoms with Gasteiger partial charge in [0.1, 0.15) is 4.21 Å². The first kappa shape index (κ1) is 17.1. The molecule has 0 saturated carbocycles. The van der Waals surface area contributed by atoms with Crippen molar-refractivity contribution in [2.24, 2.45) is 0 Å². The van der Waals surface area contributed by atoms with Gasteiger partial charge in [0.25, 0.3) is 15.7 Å². The van der Waals surface area contributed by atoms with E-state index < -0.39 is 20.9 Å². The van der Waals surface area contributed by atoms with E-state index in [-0.39, 0.29) is 16.4 Å². The zero-order valence-corrected chi connectivity index (χ0v) is 13.6. The number of sulfonamides is 1. The molecule has 0 saturated heterocycles. The SMILES string of the molecule is CN(CC(=O)Nc1ccc([N+](=O)[O-])cc1)S(=O)(=O)c1cccs1. The Hall–Kier alpha value is -2.30. The molecule has 2 aromatic rings. The highest BCUT2D eigenvalue weighted by molar-refractivity contribution is 7.91. The molecule has 0 spiro atoms. The number of likely N-dealkylation sites (N-methyl/N-ethyl adjacent to an activating group) is 1. The molecule has 23 heavy (non-hydrogen) atoms. The van der Waals surface area contributed by atoms with Crippen molar-refractivity contribution in [3.05, 3.63) is 51.9 Å². The van der Waals surface area contributed by atoms with Gasteiger partial charge in [0.15, 0.2) is 0 Å². The lowest BCUT2D eigenvalue weighted by Gasteiger charge is -2.15. The van der Waals surface area contributed by atoms with E-state index in [0.29, 0.717) is 5.69 Å². The van der Waals surface area contributed by atoms with Crippen LogP contribution in [0, 0.1) is 10.1 Å². The number of nitro benzene ring substituents is 1. The highest BCUT2D eigenvalue weighted by atomic mass is 32.2. The fraction of sp³-hybridized carbons (Fsp3) is 0.154. The number of nitro groups is 1. The monoisotopic (exact) mass is 355 g/mol. The molecule has 0 atom stereocenters. The second-order valence-corrected chi connectivity index (χ2v) is 7.76. The van der Waals surface area contributed by atoms with E-state index in [4.69, 9.17) is 0 Å². The number of non-ortho nitro benzene ring substituents is 1. The normalized spacial score (nSPS) is 11.4. The summed E-state index contributed by atoms with van der Waals surface area (Å²) in [6, 6.07) is 8.34. The van der Waals surface area contributed by atoms with Crippen LogP contribution in [-0.4, -0.2) is 37.1 Å². The maximum atomic E-state index is 12.2. The van der Waals surface area contributed by atoms with Crippen LogP contribution in [0.4, 0.5) is 11.4 Å². The zero-order chi connectivity index (χ0) is 17.0. The average Bonchev–Trinajstić information content (AvgIpc) is 3.02. The van der Waals surface area contributed by atoms with Crippen LogP contribution in [0.3, 0.4) is 0 Å². The van der Waals surface area contributed by atoms with Crippen molar-refractivity contribution in [3.8, 4) is 0 Å². The smallest absolute Gasteiger partial charge is 0.269 e. The maximum absolute atomic E-state index is 12.2. The Labute approximate surface area is 136 Å². The summed E-state index contributed by atoms with van der Waals surface area (Å²) in [5.41, 5.74) is 0.253. The summed E-state index contributed by atoms with van der Waals surface area (Å²) in [6.45, 7) is -0.364. The van der Waals surface area contributed by atoms with Crippen molar-refractivity contribution in [1.29, 1.82) is 0 Å². The number of anilines is 1. The highest BCUT2D eigenvalue weighted by Crippen LogP contribution is 2.20. The van der Waals surface area contributed by atoms with Gasteiger partial charge in [-0.05, 0) is 23.6 Å². The third kappa shape index (κ3) is 4.12. The molecule has 10 heteroatoms. The molecule has 0 fully saturated rings. The number of carbonyl (C=O) groups is 1. The minimum Gasteiger partial charge on any atom is -0.325 e. The van der Waals surface area contributed by atoms with Gasteiger partial charge < -0.3 is 5.32 Å². The Morgan fingerprint density at radius 3 is 2.48 bits per heavy atom. The number of hydrogen-bond acceptors (Lipinski definition) is 6. The summed E-state index contributed by atoms with van der Waals surface area (Å²) in [7, 11) is -2.39. The zero-order valence-electron chi connectivity index (χ0n) is 12.0. The third-order valence-electron chi connectivity index (χ3n) is 2.89. The molecule has 1 N–H and O–H groups in total. The molecule has 0 unspecified atom stereocenters. The standard InChI is InChI=1S/C13H13N3O5S2/c1-15(23(20,21)13-3-2-8-22-13)9-12(17)14-10-4-6-11(7-5-10)16(18)19/h2-8H,9H2,1H3,(H,14,17). The number of nitrogens with zero attached hydrogens (tertiary/aromatic N) is 2. The fourth-order valence-electron chi connectivity index (χ4n) is 1.72. The van der Waals surface area contributed by atoms with E-state index in [1.807, 2.05) is 0 Å². The van der Waals surface area contributed by atoms with Crippen molar-refractivity contribution in [1.82, 2.24) is 4.31 Å². The van der Waals surface area contributed by atoms with Crippen LogP contribution in [0.5, 0.6) is 0 Å². The predicted molar refractivity (Wildman–Crippen MR) is 85.9 cm³/mol. The Morgan fingerprint density at radius 2 is 1.96 bits per heavy atom. The summed E-state index contributed by atoms with van der Waals surface area (Å²) in [4.78, 5) is 21.9. The molecule has 1 aromatic carbocycles. The van der Waals surface area contributed by atoms with Gasteiger partial charge in [-0.2, -0.15) is 4.31 Å². The molecule has 0 bridgehead atoms. The van der Waals surface area contributed by atoms with E-state index >= 15 is 0 Å². The van der Waals surface area contributed by atoms with Gasteiger partial charge in [0, 0.05) is 24.9 Å². The molecule has 0 aliphatic heterocycles. The Morgan fingerprint density at radius 1 is 1.30 bits per heavy atom. The Kier molecular flexibility index (Phi) is 5.08. The number of nitrogens with one attached hydrogen (secondary N) is 1. The number of carbonyl (C=O) groups excluding carboxylic acids is 1. The van der Waals surface area contributed by atoms with E-state index in [1.165, 1.54) is 37.4 Å². The molecule has 122 valence electrons. The topological polar surface area (TPSA) is 110 Å². The van der Waals surface area contributed by atoms with Gasteiger partial charge in [-0.15, -0.1) is 11.3 Å². The molecule has 1 amide bonds. The van der Waals surface area contributed by atoms with E-state index in [0.717, 1.165) is 15.6 Å². The van der Waals surface area contributed by atoms with Crippen LogP contribution in [-0.2, 0) is 14.8 Å². The van der Waals surface area contributed by atoms with Crippen molar-refractivity contribution in [3.63, 3.8) is 0 Å². The van der Waals surface area contributed by atoms with Gasteiger partial charge in [-0.1, -0.05) is 6.07 Å². The number of hydrogen-bond donors (Lipinski definition) is 1. The number of benzene rings is 1. The van der Waals surface area contributed by atoms with Crippen LogP contribution < -0.4 is 5.32 Å². The van der Waals surface area contributed by atoms with Crippen molar-refractivity contribution >= 4 is 38.6 Å². The number of thiophene rings is 1. The molecular formula is C13H13N3O5S2. The van der Waals surface area contributed by atoms with Crippen LogP contribution in [0.15, 0.2) is 46.0 Å². The van der Waals surface area contributed by atoms with Gasteiger partial charge in [0.2, 0.25) is 5.91 Å². The van der Waals surface area contributed by atoms with Gasteiger partial charge in [-0.3, -0.25) is 14.9 Å². The van der Waals surface area contributed by atoms with Crippen molar-refractivity contribution < 1.29 is 18.1 Å². The van der Waals surface area contributed by atoms with Crippen molar-refractivity contribution in [2.45, 2.75) is 4.21 Å². The van der Waals surface area contributed by atoms with Crippen LogP contribution in [0.1, 0.15) is 0 Å². The summed E-state index contributed by atoms with van der Waals surface area (Å²) in [5, 5.41) is 14.7. The Balaban J connectivity index is 2.00. The van der Waals surface area contributed by atoms with E-state index in [9.17, 15) is 23.3 Å². The third-order valence-corrected chi connectivity index (χ3v) is 6.06. The summed E-state index contributed by atoms with van der Waals surface area (Å²) in [6.07, 6.45) is 0. The lowest BCUT2D eigenvalue weighted by atomic mass is 10.3. The lowest BCUT2D eigenvalue weighted by Crippen LogP contribution is -2.34. The predicted octanol–water partition coefficient (Wildman–Crippen LogP) is 1.92. The molecule has 1 aromatic heterocycles. The van der Waals surface area contributed by atoms with Crippen LogP contribution in [0.2, 0.25) is 0 Å². The minimum atomic E-state index is -3.70. The molecule has 0 radical (unpaired) electrons. The molecular weight excluding hydrogens is 342 g/mol. The highest BCUT2D eigenvalue weighted by Gasteiger charge is 2.23. The molecule has 8 nitrogen and oxygen atoms in total. The molecule has 2 rings (SSSR count). The minimum absolute atomic E-state index is 0.0969. The Bertz CT molecular complexity index is 801. The second kappa shape index (κ2) is 6.86. The summed E-state index contributed by atoms with van der Waals surface area (Å²) >= 11 is 1.07. The summed E-state index contributed by atoms with van der Waals surface area (Å²) in [5.74, 6) is -0.540. The quantitative estimate of drug-likeness (QED) is 0.629. The largest absolute Gasteiger partial charge is 0.325 e. The molecule has 0 aliphatic carbocycles. The average molecular weight is 355 g/mol. The maximum Gasteiger partial charge on any atom is 0.269 e. The molecule has 0 aliphatic rings. The van der Waals surface area contributed by atoms with Crippen LogP contribution in [0.25, 0.3) is 0 Å². The lowest BCUT2D eigenvalue weighted by molar-refractivity contribution is -0.384. The van der Waals surface area contributed by atoms with Gasteiger partial charge in [0.05, 0.1) is 11.5 Å². The summed E-state index contributed by atoms with van der Waals surface area (Å²) < 4.78 is 25.5. The van der Waals surface area contributed by atoms with E-state index in [1.54, 1.807) is 11.4 Å². The number of amides is 1. The second-order valence-electron chi connectivity index (χ2n) is 4.55. The first-order valence-electron chi connectivity index (χ1n) is 6.35. The first-order chi connectivity index (χ1) is 10.8. The van der Waals surface area contributed by atoms with Crippen molar-refractivity contribution in [2.75, 3.05) is 18.9 Å². The van der Waals surface area contributed by atoms with Gasteiger partial charge in [-0.25, -0.2) is 8.42 Å². The van der Waals surface area contributed by atoms with Gasteiger partial charge >= 0.3 is 0 Å². The number of rotatable bonds is 6.